The number of likely N-dealkylation sites (tertiary alicyclic amines) is 1. The maximum Gasteiger partial charge on any atom is 0.319 e. The lowest BCUT2D eigenvalue weighted by molar-refractivity contribution is -0.00563. The number of fused-ring (bicyclic) bond motifs is 2. The molecule has 3 aromatic rings. The number of carbonyl (C=O) groups is 3. The molecule has 0 saturated carbocycles. The molecule has 0 bridgehead atoms. The Labute approximate surface area is 211 Å². The fraction of sp³-hybridized carbons (Fsp3) is 0.308. The van der Waals surface area contributed by atoms with Crippen molar-refractivity contribution in [3.63, 3.8) is 0 Å². The Balaban J connectivity index is 1.40. The van der Waals surface area contributed by atoms with Crippen molar-refractivity contribution >= 4 is 44.1 Å². The van der Waals surface area contributed by atoms with Crippen LogP contribution in [0.1, 0.15) is 45.5 Å². The molecule has 1 aromatic heterocycles. The highest BCUT2D eigenvalue weighted by atomic mass is 32.1. The number of rotatable bonds is 3. The first-order valence-electron chi connectivity index (χ1n) is 11.5. The van der Waals surface area contributed by atoms with Gasteiger partial charge in [-0.05, 0) is 24.3 Å². The minimum absolute atomic E-state index is 0.0545. The third-order valence-corrected chi connectivity index (χ3v) is 7.88. The molecule has 0 unspecified atom stereocenters. The Morgan fingerprint density at radius 1 is 1.22 bits per heavy atom. The van der Waals surface area contributed by atoms with Gasteiger partial charge in [-0.2, -0.15) is 5.26 Å². The lowest BCUT2D eigenvalue weighted by Gasteiger charge is -2.44. The Morgan fingerprint density at radius 2 is 2.00 bits per heavy atom. The largest absolute Gasteiger partial charge is 0.495 e. The van der Waals surface area contributed by atoms with Crippen molar-refractivity contribution in [1.29, 1.82) is 5.26 Å². The maximum absolute atomic E-state index is 13.8. The molecule has 1 saturated heterocycles. The third-order valence-electron chi connectivity index (χ3n) is 6.75. The fourth-order valence-corrected chi connectivity index (χ4v) is 6.02. The summed E-state index contributed by atoms with van der Waals surface area (Å²) in [6.07, 6.45) is 1.19. The number of anilines is 1. The SMILES string of the molecule is CNC(=O)Nc1sc2c(OC)cccc2c1C(=O)N1CCC2(CC1)CC(=O)c1cc(C#N)ccc1O2. The Morgan fingerprint density at radius 3 is 2.69 bits per heavy atom. The van der Waals surface area contributed by atoms with Crippen LogP contribution in [0.25, 0.3) is 10.1 Å². The van der Waals surface area contributed by atoms with Gasteiger partial charge in [0.1, 0.15) is 22.1 Å². The zero-order chi connectivity index (χ0) is 25.4. The van der Waals surface area contributed by atoms with Gasteiger partial charge in [0.25, 0.3) is 5.91 Å². The number of nitrogens with zero attached hydrogens (tertiary/aromatic N) is 2. The van der Waals surface area contributed by atoms with Crippen molar-refractivity contribution in [2.45, 2.75) is 24.9 Å². The number of ketones is 1. The number of hydrogen-bond donors (Lipinski definition) is 2. The van der Waals surface area contributed by atoms with Gasteiger partial charge in [-0.15, -0.1) is 11.3 Å². The smallest absolute Gasteiger partial charge is 0.319 e. The van der Waals surface area contributed by atoms with E-state index in [2.05, 4.69) is 16.7 Å². The van der Waals surface area contributed by atoms with Crippen molar-refractivity contribution in [3.8, 4) is 17.6 Å². The third kappa shape index (κ3) is 4.01. The predicted octanol–water partition coefficient (Wildman–Crippen LogP) is 4.17. The van der Waals surface area contributed by atoms with Gasteiger partial charge < -0.3 is 19.7 Å². The Kier molecular flexibility index (Phi) is 6.02. The zero-order valence-electron chi connectivity index (χ0n) is 19.8. The molecule has 9 nitrogen and oxygen atoms in total. The average Bonchev–Trinajstić information content (AvgIpc) is 3.26. The van der Waals surface area contributed by atoms with Crippen LogP contribution in [0, 0.1) is 11.3 Å². The first-order chi connectivity index (χ1) is 17.4. The normalized spacial score (nSPS) is 16.1. The van der Waals surface area contributed by atoms with Gasteiger partial charge in [-0.1, -0.05) is 12.1 Å². The summed E-state index contributed by atoms with van der Waals surface area (Å²) >= 11 is 1.29. The number of ether oxygens (including phenoxy) is 2. The molecule has 10 heteroatoms. The summed E-state index contributed by atoms with van der Waals surface area (Å²) in [4.78, 5) is 40.5. The highest BCUT2D eigenvalue weighted by molar-refractivity contribution is 7.23. The standard InChI is InChI=1S/C26H24N4O5S/c1-28-25(33)29-23-21(16-4-3-5-20(34-2)22(16)36-23)24(32)30-10-8-26(9-11-30)13-18(31)17-12-15(14-27)6-7-19(17)35-26/h3-7,12H,8-11,13H2,1-2H3,(H2,28,29,33). The molecular weight excluding hydrogens is 480 g/mol. The average molecular weight is 505 g/mol. The van der Waals surface area contributed by atoms with Crippen molar-refractivity contribution < 1.29 is 23.9 Å². The number of Topliss-reactive ketones (excluding diaryl/α,β-unsaturated/α-hetero) is 1. The van der Waals surface area contributed by atoms with Crippen LogP contribution >= 0.6 is 11.3 Å². The van der Waals surface area contributed by atoms with Crippen LogP contribution < -0.4 is 20.1 Å². The molecule has 184 valence electrons. The molecule has 0 aliphatic carbocycles. The Hall–Kier alpha value is -4.10. The first-order valence-corrected chi connectivity index (χ1v) is 12.3. The number of urea groups is 1. The van der Waals surface area contributed by atoms with E-state index >= 15 is 0 Å². The number of hydrogen-bond acceptors (Lipinski definition) is 7. The molecule has 2 aromatic carbocycles. The Bertz CT molecular complexity index is 1430. The highest BCUT2D eigenvalue weighted by Gasteiger charge is 2.44. The summed E-state index contributed by atoms with van der Waals surface area (Å²) in [7, 11) is 3.08. The van der Waals surface area contributed by atoms with Gasteiger partial charge in [0.05, 0.1) is 41.0 Å². The quantitative estimate of drug-likeness (QED) is 0.552. The summed E-state index contributed by atoms with van der Waals surface area (Å²) < 4.78 is 12.5. The summed E-state index contributed by atoms with van der Waals surface area (Å²) in [5.74, 6) is 0.859. The van der Waals surface area contributed by atoms with Crippen LogP contribution in [0.3, 0.4) is 0 Å². The summed E-state index contributed by atoms with van der Waals surface area (Å²) in [5, 5.41) is 15.6. The molecule has 2 N–H and O–H groups in total. The number of nitriles is 1. The number of benzene rings is 2. The lowest BCUT2D eigenvalue weighted by atomic mass is 9.82. The molecule has 36 heavy (non-hydrogen) atoms. The zero-order valence-corrected chi connectivity index (χ0v) is 20.7. The molecule has 1 fully saturated rings. The second-order valence-corrected chi connectivity index (χ2v) is 9.87. The van der Waals surface area contributed by atoms with E-state index in [1.54, 1.807) is 30.2 Å². The summed E-state index contributed by atoms with van der Waals surface area (Å²) in [5.41, 5.74) is 0.589. The molecular formula is C26H24N4O5S. The second-order valence-electron chi connectivity index (χ2n) is 8.85. The van der Waals surface area contributed by atoms with Gasteiger partial charge >= 0.3 is 6.03 Å². The topological polar surface area (TPSA) is 121 Å². The molecule has 0 radical (unpaired) electrons. The summed E-state index contributed by atoms with van der Waals surface area (Å²) in [6, 6.07) is 12.0. The number of thiophene rings is 1. The molecule has 3 heterocycles. The van der Waals surface area contributed by atoms with Crippen LogP contribution in [0.5, 0.6) is 11.5 Å². The number of amides is 3. The number of methoxy groups -OCH3 is 1. The van der Waals surface area contributed by atoms with Crippen molar-refractivity contribution in [2.24, 2.45) is 0 Å². The molecule has 0 atom stereocenters. The molecule has 3 amide bonds. The van der Waals surface area contributed by atoms with Gasteiger partial charge in [0.15, 0.2) is 5.78 Å². The minimum Gasteiger partial charge on any atom is -0.495 e. The van der Waals surface area contributed by atoms with E-state index in [-0.39, 0.29) is 18.1 Å². The van der Waals surface area contributed by atoms with E-state index in [9.17, 15) is 14.4 Å². The van der Waals surface area contributed by atoms with Crippen LogP contribution in [-0.2, 0) is 0 Å². The van der Waals surface area contributed by atoms with E-state index in [1.165, 1.54) is 18.4 Å². The molecule has 5 rings (SSSR count). The number of nitrogens with one attached hydrogen (secondary N) is 2. The first kappa shape index (κ1) is 23.6. The molecule has 1 spiro atoms. The fourth-order valence-electron chi connectivity index (χ4n) is 4.84. The second kappa shape index (κ2) is 9.17. The van der Waals surface area contributed by atoms with E-state index < -0.39 is 11.6 Å². The van der Waals surface area contributed by atoms with Gasteiger partial charge in [-0.25, -0.2) is 4.79 Å². The number of piperidine rings is 1. The van der Waals surface area contributed by atoms with Gasteiger partial charge in [0.2, 0.25) is 0 Å². The number of carbonyl (C=O) groups excluding carboxylic acids is 3. The molecule has 2 aliphatic heterocycles. The van der Waals surface area contributed by atoms with E-state index in [0.29, 0.717) is 64.5 Å². The maximum atomic E-state index is 13.8. The van der Waals surface area contributed by atoms with Crippen LogP contribution in [0.15, 0.2) is 36.4 Å². The van der Waals surface area contributed by atoms with Crippen LogP contribution in [0.2, 0.25) is 0 Å². The predicted molar refractivity (Wildman–Crippen MR) is 135 cm³/mol. The van der Waals surface area contributed by atoms with Crippen molar-refractivity contribution in [2.75, 3.05) is 32.6 Å². The van der Waals surface area contributed by atoms with E-state index in [1.807, 2.05) is 18.2 Å². The van der Waals surface area contributed by atoms with Crippen molar-refractivity contribution in [1.82, 2.24) is 10.2 Å². The van der Waals surface area contributed by atoms with Gasteiger partial charge in [-0.3, -0.25) is 14.9 Å². The highest BCUT2D eigenvalue weighted by Crippen LogP contribution is 2.43. The van der Waals surface area contributed by atoms with Crippen LogP contribution in [0.4, 0.5) is 9.80 Å². The lowest BCUT2D eigenvalue weighted by Crippen LogP contribution is -2.52. The monoisotopic (exact) mass is 504 g/mol. The van der Waals surface area contributed by atoms with Crippen molar-refractivity contribution in [3.05, 3.63) is 53.1 Å². The van der Waals surface area contributed by atoms with E-state index in [0.717, 1.165) is 4.70 Å². The minimum atomic E-state index is -0.682. The summed E-state index contributed by atoms with van der Waals surface area (Å²) in [6.45, 7) is 0.802. The van der Waals surface area contributed by atoms with E-state index in [4.69, 9.17) is 14.7 Å². The van der Waals surface area contributed by atoms with Crippen LogP contribution in [-0.4, -0.2) is 55.5 Å². The van der Waals surface area contributed by atoms with Gasteiger partial charge in [0, 0.05) is 38.4 Å². The molecule has 2 aliphatic rings.